The van der Waals surface area contributed by atoms with Gasteiger partial charge in [0.05, 0.1) is 6.04 Å². The maximum atomic E-state index is 12.8. The van der Waals surface area contributed by atoms with Gasteiger partial charge >= 0.3 is 0 Å². The van der Waals surface area contributed by atoms with E-state index in [-0.39, 0.29) is 36.3 Å². The lowest BCUT2D eigenvalue weighted by Crippen LogP contribution is -2.49. The van der Waals surface area contributed by atoms with Crippen molar-refractivity contribution in [2.24, 2.45) is 5.92 Å². The van der Waals surface area contributed by atoms with E-state index in [0.29, 0.717) is 18.4 Å². The van der Waals surface area contributed by atoms with Gasteiger partial charge in [-0.15, -0.1) is 12.4 Å². The van der Waals surface area contributed by atoms with Gasteiger partial charge in [0, 0.05) is 17.8 Å². The summed E-state index contributed by atoms with van der Waals surface area (Å²) in [7, 11) is 0. The van der Waals surface area contributed by atoms with E-state index >= 15 is 0 Å². The van der Waals surface area contributed by atoms with Crippen molar-refractivity contribution in [1.29, 1.82) is 0 Å². The number of fused-ring (bicyclic) bond motifs is 1. The minimum absolute atomic E-state index is 0. The summed E-state index contributed by atoms with van der Waals surface area (Å²) in [5.41, 5.74) is 0.904. The number of anilines is 1. The Balaban J connectivity index is 0.00000196. The molecule has 2 heterocycles. The molecule has 3 fully saturated rings. The first-order chi connectivity index (χ1) is 12.1. The van der Waals surface area contributed by atoms with Gasteiger partial charge in [0.25, 0.3) is 0 Å². The van der Waals surface area contributed by atoms with E-state index in [1.165, 1.54) is 25.7 Å². The summed E-state index contributed by atoms with van der Waals surface area (Å²) in [6.45, 7) is 2.04. The molecule has 26 heavy (non-hydrogen) atoms. The number of amides is 2. The fraction of sp³-hybridized carbons (Fsp3) is 0.600. The van der Waals surface area contributed by atoms with Crippen molar-refractivity contribution in [3.8, 4) is 0 Å². The zero-order chi connectivity index (χ0) is 17.4. The predicted molar refractivity (Wildman–Crippen MR) is 104 cm³/mol. The molecule has 2 amide bonds. The maximum Gasteiger partial charge on any atom is 0.249 e. The summed E-state index contributed by atoms with van der Waals surface area (Å²) in [6.07, 6.45) is 6.52. The van der Waals surface area contributed by atoms with Crippen LogP contribution in [-0.4, -0.2) is 36.0 Å². The van der Waals surface area contributed by atoms with Crippen molar-refractivity contribution in [1.82, 2.24) is 10.6 Å². The van der Waals surface area contributed by atoms with Gasteiger partial charge in [0.2, 0.25) is 11.8 Å². The lowest BCUT2D eigenvalue weighted by Gasteiger charge is -2.24. The van der Waals surface area contributed by atoms with Crippen LogP contribution >= 0.6 is 12.4 Å². The third-order valence-corrected chi connectivity index (χ3v) is 6.08. The molecular weight excluding hydrogens is 350 g/mol. The first kappa shape index (κ1) is 19.2. The average molecular weight is 378 g/mol. The number of benzene rings is 1. The first-order valence-electron chi connectivity index (χ1n) is 9.58. The molecule has 0 bridgehead atoms. The molecule has 1 aliphatic carbocycles. The van der Waals surface area contributed by atoms with Crippen molar-refractivity contribution >= 4 is 29.9 Å². The van der Waals surface area contributed by atoms with Gasteiger partial charge < -0.3 is 15.5 Å². The van der Waals surface area contributed by atoms with Crippen LogP contribution in [0.25, 0.3) is 0 Å². The fourth-order valence-corrected chi connectivity index (χ4v) is 4.82. The van der Waals surface area contributed by atoms with Gasteiger partial charge in [-0.1, -0.05) is 31.0 Å². The van der Waals surface area contributed by atoms with Gasteiger partial charge in [0.1, 0.15) is 6.04 Å². The Morgan fingerprint density at radius 2 is 1.88 bits per heavy atom. The van der Waals surface area contributed by atoms with Crippen LogP contribution in [0.5, 0.6) is 0 Å². The van der Waals surface area contributed by atoms with Gasteiger partial charge in [-0.2, -0.15) is 0 Å². The van der Waals surface area contributed by atoms with Gasteiger partial charge in [-0.05, 0) is 50.7 Å². The molecule has 1 aromatic rings. The molecule has 4 rings (SSSR count). The molecule has 1 aromatic carbocycles. The highest BCUT2D eigenvalue weighted by molar-refractivity contribution is 6.02. The third-order valence-electron chi connectivity index (χ3n) is 6.08. The monoisotopic (exact) mass is 377 g/mol. The number of carbonyl (C=O) groups excluding carboxylic acids is 2. The van der Waals surface area contributed by atoms with Crippen LogP contribution in [0.3, 0.4) is 0 Å². The van der Waals surface area contributed by atoms with Gasteiger partial charge in [0.15, 0.2) is 0 Å². The van der Waals surface area contributed by atoms with E-state index < -0.39 is 6.04 Å². The number of carbonyl (C=O) groups is 2. The number of nitrogens with zero attached hydrogens (tertiary/aromatic N) is 1. The summed E-state index contributed by atoms with van der Waals surface area (Å²) >= 11 is 0. The molecule has 0 spiro atoms. The molecule has 142 valence electrons. The zero-order valence-corrected chi connectivity index (χ0v) is 16.0. The second-order valence-electron chi connectivity index (χ2n) is 7.80. The van der Waals surface area contributed by atoms with Crippen LogP contribution in [0.15, 0.2) is 30.3 Å². The van der Waals surface area contributed by atoms with Crippen molar-refractivity contribution < 1.29 is 9.59 Å². The molecule has 5 atom stereocenters. The summed E-state index contributed by atoms with van der Waals surface area (Å²) < 4.78 is 0. The van der Waals surface area contributed by atoms with Crippen molar-refractivity contribution in [2.45, 2.75) is 69.6 Å². The topological polar surface area (TPSA) is 61.4 Å². The highest BCUT2D eigenvalue weighted by Crippen LogP contribution is 2.33. The van der Waals surface area contributed by atoms with Crippen LogP contribution in [0.4, 0.5) is 5.69 Å². The summed E-state index contributed by atoms with van der Waals surface area (Å²) in [6, 6.07) is 9.75. The molecule has 1 saturated carbocycles. The smallest absolute Gasteiger partial charge is 0.249 e. The molecule has 6 heteroatoms. The van der Waals surface area contributed by atoms with Gasteiger partial charge in [-0.3, -0.25) is 9.59 Å². The summed E-state index contributed by atoms with van der Waals surface area (Å²) in [4.78, 5) is 27.3. The van der Waals surface area contributed by atoms with Crippen molar-refractivity contribution in [3.05, 3.63) is 30.3 Å². The van der Waals surface area contributed by atoms with E-state index in [1.807, 2.05) is 42.2 Å². The Morgan fingerprint density at radius 3 is 2.62 bits per heavy atom. The zero-order valence-electron chi connectivity index (χ0n) is 15.2. The highest BCUT2D eigenvalue weighted by Gasteiger charge is 2.42. The highest BCUT2D eigenvalue weighted by atomic mass is 35.5. The van der Waals surface area contributed by atoms with Crippen LogP contribution < -0.4 is 15.5 Å². The Labute approximate surface area is 161 Å². The normalized spacial score (nSPS) is 33.5. The van der Waals surface area contributed by atoms with Crippen LogP contribution in [0.2, 0.25) is 0 Å². The van der Waals surface area contributed by atoms with Crippen LogP contribution in [0.1, 0.15) is 45.4 Å². The second-order valence-corrected chi connectivity index (χ2v) is 7.80. The summed E-state index contributed by atoms with van der Waals surface area (Å²) in [5.74, 6) is 0.626. The summed E-state index contributed by atoms with van der Waals surface area (Å²) in [5, 5.41) is 6.52. The SMILES string of the molecule is CC1CC(NC(=O)C2CC3CCCCC3N2)C(=O)N1c1ccccc1.Cl. The molecule has 5 nitrogen and oxygen atoms in total. The standard InChI is InChI=1S/C20H27N3O2.ClH/c1-13-11-18(20(25)23(13)15-8-3-2-4-9-15)22-19(24)17-12-14-7-5-6-10-16(14)21-17;/h2-4,8-9,13-14,16-18,21H,5-7,10-12H2,1H3,(H,22,24);1H. The molecule has 5 unspecified atom stereocenters. The Hall–Kier alpha value is -1.59. The Morgan fingerprint density at radius 1 is 1.15 bits per heavy atom. The van der Waals surface area contributed by atoms with E-state index in [1.54, 1.807) is 0 Å². The second kappa shape index (κ2) is 7.97. The largest absolute Gasteiger partial charge is 0.343 e. The van der Waals surface area contributed by atoms with E-state index in [2.05, 4.69) is 10.6 Å². The van der Waals surface area contributed by atoms with Crippen LogP contribution in [0, 0.1) is 5.92 Å². The number of hydrogen-bond acceptors (Lipinski definition) is 3. The molecule has 2 aliphatic heterocycles. The molecule has 2 N–H and O–H groups in total. The van der Waals surface area contributed by atoms with Crippen molar-refractivity contribution in [2.75, 3.05) is 4.90 Å². The number of para-hydroxylation sites is 1. The number of rotatable bonds is 3. The third kappa shape index (κ3) is 3.60. The average Bonchev–Trinajstić information content (AvgIpc) is 3.17. The number of nitrogens with one attached hydrogen (secondary N) is 2. The molecule has 0 aromatic heterocycles. The fourth-order valence-electron chi connectivity index (χ4n) is 4.82. The minimum atomic E-state index is -0.410. The molecule has 2 saturated heterocycles. The van der Waals surface area contributed by atoms with Crippen molar-refractivity contribution in [3.63, 3.8) is 0 Å². The van der Waals surface area contributed by atoms with E-state index in [9.17, 15) is 9.59 Å². The molecular formula is C20H28ClN3O2. The first-order valence-corrected chi connectivity index (χ1v) is 9.58. The number of hydrogen-bond donors (Lipinski definition) is 2. The predicted octanol–water partition coefficient (Wildman–Crippen LogP) is 2.64. The maximum absolute atomic E-state index is 12.8. The Bertz CT molecular complexity index is 640. The Kier molecular flexibility index (Phi) is 5.88. The minimum Gasteiger partial charge on any atom is -0.343 e. The van der Waals surface area contributed by atoms with Gasteiger partial charge in [-0.25, -0.2) is 0 Å². The van der Waals surface area contributed by atoms with E-state index in [0.717, 1.165) is 12.1 Å². The number of halogens is 1. The lowest BCUT2D eigenvalue weighted by molar-refractivity contribution is -0.127. The quantitative estimate of drug-likeness (QED) is 0.851. The lowest BCUT2D eigenvalue weighted by atomic mass is 9.85. The molecule has 0 radical (unpaired) electrons. The molecule has 3 aliphatic rings. The van der Waals surface area contributed by atoms with E-state index in [4.69, 9.17) is 0 Å². The van der Waals surface area contributed by atoms with Crippen LogP contribution in [-0.2, 0) is 9.59 Å².